The Hall–Kier alpha value is -0.730. The van der Waals surface area contributed by atoms with Crippen LogP contribution in [0.2, 0.25) is 0 Å². The average Bonchev–Trinajstić information content (AvgIpc) is 1.99. The van der Waals surface area contributed by atoms with Gasteiger partial charge in [0, 0.05) is 0 Å². The quantitative estimate of drug-likeness (QED) is 0.573. The van der Waals surface area contributed by atoms with Crippen molar-refractivity contribution in [1.29, 1.82) is 0 Å². The van der Waals surface area contributed by atoms with Crippen LogP contribution in [0.25, 0.3) is 0 Å². The van der Waals surface area contributed by atoms with Gasteiger partial charge < -0.3 is 11.5 Å². The second kappa shape index (κ2) is 4.64. The summed E-state index contributed by atoms with van der Waals surface area (Å²) in [7, 11) is 0. The Morgan fingerprint density at radius 3 is 1.69 bits per heavy atom. The molecule has 0 bridgehead atoms. The molecule has 3 heteroatoms. The Kier molecular flexibility index (Phi) is 4.43. The summed E-state index contributed by atoms with van der Waals surface area (Å²) in [6, 6.07) is 0. The van der Waals surface area contributed by atoms with Crippen LogP contribution in [-0.2, 0) is 0 Å². The minimum absolute atomic E-state index is 0.157. The number of nitrogens with two attached hydrogens (primary N) is 2. The van der Waals surface area contributed by atoms with Gasteiger partial charge >= 0.3 is 0 Å². The zero-order chi connectivity index (χ0) is 13.2. The Bertz CT molecular complexity index is 257. The lowest BCUT2D eigenvalue weighted by Crippen LogP contribution is -2.40. The van der Waals surface area contributed by atoms with Crippen LogP contribution in [0, 0.1) is 10.8 Å². The minimum atomic E-state index is -0.157. The molecule has 0 spiro atoms. The predicted octanol–water partition coefficient (Wildman–Crippen LogP) is 2.89. The van der Waals surface area contributed by atoms with E-state index in [2.05, 4.69) is 53.5 Å². The summed E-state index contributed by atoms with van der Waals surface area (Å²) in [6.07, 6.45) is 1.93. The molecular formula is C13H29N3. The molecule has 0 aromatic rings. The molecular weight excluding hydrogens is 198 g/mol. The molecule has 0 radical (unpaired) electrons. The molecule has 96 valence electrons. The van der Waals surface area contributed by atoms with E-state index in [1.54, 1.807) is 0 Å². The van der Waals surface area contributed by atoms with E-state index in [1.807, 2.05) is 0 Å². The molecule has 0 aliphatic carbocycles. The first kappa shape index (κ1) is 15.3. The first-order valence-corrected chi connectivity index (χ1v) is 6.04. The zero-order valence-electron chi connectivity index (χ0n) is 12.0. The highest BCUT2D eigenvalue weighted by molar-refractivity contribution is 5.76. The van der Waals surface area contributed by atoms with Crippen LogP contribution in [0.5, 0.6) is 0 Å². The molecule has 0 aliphatic rings. The van der Waals surface area contributed by atoms with Crippen LogP contribution in [-0.4, -0.2) is 11.5 Å². The average molecular weight is 227 g/mol. The predicted molar refractivity (Wildman–Crippen MR) is 72.4 cm³/mol. The van der Waals surface area contributed by atoms with E-state index in [0.29, 0.717) is 0 Å². The third-order valence-corrected chi connectivity index (χ3v) is 4.01. The number of nitrogens with zero attached hydrogens (tertiary/aromatic N) is 1. The van der Waals surface area contributed by atoms with Gasteiger partial charge in [-0.3, -0.25) is 0 Å². The van der Waals surface area contributed by atoms with E-state index in [4.69, 9.17) is 11.5 Å². The van der Waals surface area contributed by atoms with Crippen molar-refractivity contribution in [1.82, 2.24) is 0 Å². The van der Waals surface area contributed by atoms with E-state index in [0.717, 1.165) is 12.8 Å². The fraction of sp³-hybridized carbons (Fsp3) is 0.923. The zero-order valence-corrected chi connectivity index (χ0v) is 12.0. The van der Waals surface area contributed by atoms with Gasteiger partial charge in [0.1, 0.15) is 0 Å². The van der Waals surface area contributed by atoms with Gasteiger partial charge in [0.25, 0.3) is 0 Å². The van der Waals surface area contributed by atoms with Gasteiger partial charge in [-0.05, 0) is 30.6 Å². The maximum Gasteiger partial charge on any atom is 0.186 e. The molecule has 0 saturated carbocycles. The molecule has 3 nitrogen and oxygen atoms in total. The number of guanidine groups is 1. The number of aliphatic imine (C=N–C) groups is 1. The van der Waals surface area contributed by atoms with Gasteiger partial charge in [-0.15, -0.1) is 0 Å². The van der Waals surface area contributed by atoms with Gasteiger partial charge in [0.05, 0.1) is 5.54 Å². The van der Waals surface area contributed by atoms with Crippen molar-refractivity contribution >= 4 is 5.96 Å². The topological polar surface area (TPSA) is 64.4 Å². The van der Waals surface area contributed by atoms with Gasteiger partial charge in [-0.25, -0.2) is 4.99 Å². The van der Waals surface area contributed by atoms with Crippen LogP contribution in [0.3, 0.4) is 0 Å². The maximum absolute atomic E-state index is 5.51. The molecule has 16 heavy (non-hydrogen) atoms. The largest absolute Gasteiger partial charge is 0.370 e. The first-order valence-electron chi connectivity index (χ1n) is 6.04. The van der Waals surface area contributed by atoms with Crippen molar-refractivity contribution < 1.29 is 0 Å². The fourth-order valence-corrected chi connectivity index (χ4v) is 1.77. The third-order valence-electron chi connectivity index (χ3n) is 4.01. The molecule has 0 rings (SSSR count). The lowest BCUT2D eigenvalue weighted by atomic mass is 9.63. The summed E-state index contributed by atoms with van der Waals surface area (Å²) in [5.74, 6) is 0.189. The Labute approximate surface area is 101 Å². The van der Waals surface area contributed by atoms with E-state index in [1.165, 1.54) is 0 Å². The SMILES string of the molecule is CCC(C)(CC(C)(C)C(C)(C)C)N=C(N)N. The summed E-state index contributed by atoms with van der Waals surface area (Å²) >= 11 is 0. The standard InChI is InChI=1S/C13H29N3/c1-8-13(7,16-10(14)15)9-12(5,6)11(2,3)4/h8-9H2,1-7H3,(H4,14,15,16). The number of hydrogen-bond donors (Lipinski definition) is 2. The van der Waals surface area contributed by atoms with Crippen molar-refractivity contribution in [3.63, 3.8) is 0 Å². The summed E-state index contributed by atoms with van der Waals surface area (Å²) in [6.45, 7) is 15.6. The van der Waals surface area contributed by atoms with Crippen molar-refractivity contribution in [3.8, 4) is 0 Å². The molecule has 0 aliphatic heterocycles. The van der Waals surface area contributed by atoms with Crippen LogP contribution < -0.4 is 11.5 Å². The smallest absolute Gasteiger partial charge is 0.186 e. The van der Waals surface area contributed by atoms with Crippen LogP contribution in [0.4, 0.5) is 0 Å². The molecule has 1 unspecified atom stereocenters. The molecule has 0 heterocycles. The van der Waals surface area contributed by atoms with Crippen molar-refractivity contribution in [2.24, 2.45) is 27.3 Å². The van der Waals surface area contributed by atoms with Gasteiger partial charge in [0.2, 0.25) is 0 Å². The summed E-state index contributed by atoms with van der Waals surface area (Å²) in [5.41, 5.74) is 11.3. The highest BCUT2D eigenvalue weighted by Crippen LogP contribution is 2.45. The lowest BCUT2D eigenvalue weighted by Gasteiger charge is -2.43. The van der Waals surface area contributed by atoms with Gasteiger partial charge in [0.15, 0.2) is 5.96 Å². The van der Waals surface area contributed by atoms with E-state index < -0.39 is 0 Å². The summed E-state index contributed by atoms with van der Waals surface area (Å²) < 4.78 is 0. The Morgan fingerprint density at radius 2 is 1.44 bits per heavy atom. The molecule has 0 amide bonds. The lowest BCUT2D eigenvalue weighted by molar-refractivity contribution is 0.0886. The highest BCUT2D eigenvalue weighted by atomic mass is 15.0. The Balaban J connectivity index is 5.00. The molecule has 0 fully saturated rings. The summed E-state index contributed by atoms with van der Waals surface area (Å²) in [4.78, 5) is 4.40. The van der Waals surface area contributed by atoms with Crippen molar-refractivity contribution in [3.05, 3.63) is 0 Å². The van der Waals surface area contributed by atoms with Gasteiger partial charge in [-0.1, -0.05) is 41.5 Å². The monoisotopic (exact) mass is 227 g/mol. The van der Waals surface area contributed by atoms with E-state index >= 15 is 0 Å². The molecule has 0 aromatic carbocycles. The molecule has 0 saturated heterocycles. The third kappa shape index (κ3) is 4.03. The fourth-order valence-electron chi connectivity index (χ4n) is 1.77. The highest BCUT2D eigenvalue weighted by Gasteiger charge is 2.38. The van der Waals surface area contributed by atoms with Gasteiger partial charge in [-0.2, -0.15) is 0 Å². The summed E-state index contributed by atoms with van der Waals surface area (Å²) in [5, 5.41) is 0. The maximum atomic E-state index is 5.51. The molecule has 4 N–H and O–H groups in total. The van der Waals surface area contributed by atoms with Crippen LogP contribution >= 0.6 is 0 Å². The molecule has 1 atom stereocenters. The second-order valence-electron chi connectivity index (χ2n) is 6.70. The normalized spacial score (nSPS) is 16.7. The van der Waals surface area contributed by atoms with Crippen molar-refractivity contribution in [2.45, 2.75) is 66.8 Å². The van der Waals surface area contributed by atoms with Crippen molar-refractivity contribution in [2.75, 3.05) is 0 Å². The Morgan fingerprint density at radius 1 is 1.00 bits per heavy atom. The van der Waals surface area contributed by atoms with E-state index in [9.17, 15) is 0 Å². The molecule has 0 aromatic heterocycles. The minimum Gasteiger partial charge on any atom is -0.370 e. The first-order chi connectivity index (χ1) is 6.93. The van der Waals surface area contributed by atoms with E-state index in [-0.39, 0.29) is 22.3 Å². The number of rotatable bonds is 4. The second-order valence-corrected chi connectivity index (χ2v) is 6.70. The number of hydrogen-bond acceptors (Lipinski definition) is 1. The van der Waals surface area contributed by atoms with Crippen LogP contribution in [0.15, 0.2) is 4.99 Å². The van der Waals surface area contributed by atoms with Crippen LogP contribution in [0.1, 0.15) is 61.3 Å².